The number of rotatable bonds is 1. The topological polar surface area (TPSA) is 45.8 Å². The summed E-state index contributed by atoms with van der Waals surface area (Å²) in [6.45, 7) is 0. The third kappa shape index (κ3) is 1.97. The molecule has 1 heterocycles. The highest BCUT2D eigenvalue weighted by atomic mass is 79.9. The van der Waals surface area contributed by atoms with E-state index in [1.54, 1.807) is 18.2 Å². The molecule has 0 bridgehead atoms. The Hall–Kier alpha value is -1.49. The minimum atomic E-state index is -0.865. The highest BCUT2D eigenvalue weighted by molar-refractivity contribution is 9.10. The molecule has 76 valence electrons. The van der Waals surface area contributed by atoms with Crippen LogP contribution in [-0.2, 0) is 0 Å². The molecule has 0 saturated heterocycles. The SMILES string of the molecule is O=c1[nH]cnc(-c2cccc(Br)c2)c1F. The van der Waals surface area contributed by atoms with Crippen LogP contribution in [-0.4, -0.2) is 9.97 Å². The first kappa shape index (κ1) is 10.0. The van der Waals surface area contributed by atoms with Crippen molar-refractivity contribution < 1.29 is 4.39 Å². The lowest BCUT2D eigenvalue weighted by molar-refractivity contribution is 0.605. The number of aromatic nitrogens is 2. The summed E-state index contributed by atoms with van der Waals surface area (Å²) in [5.41, 5.74) is -0.145. The minimum absolute atomic E-state index is 0.0556. The fourth-order valence-corrected chi connectivity index (χ4v) is 1.62. The molecule has 2 aromatic rings. The van der Waals surface area contributed by atoms with E-state index in [2.05, 4.69) is 25.9 Å². The van der Waals surface area contributed by atoms with Gasteiger partial charge in [-0.25, -0.2) is 4.98 Å². The van der Waals surface area contributed by atoms with Crippen LogP contribution in [0.25, 0.3) is 11.3 Å². The van der Waals surface area contributed by atoms with Gasteiger partial charge < -0.3 is 4.98 Å². The van der Waals surface area contributed by atoms with E-state index in [1.807, 2.05) is 6.07 Å². The summed E-state index contributed by atoms with van der Waals surface area (Å²) in [6, 6.07) is 6.96. The van der Waals surface area contributed by atoms with Crippen LogP contribution in [0, 0.1) is 5.82 Å². The molecular weight excluding hydrogens is 263 g/mol. The quantitative estimate of drug-likeness (QED) is 0.863. The van der Waals surface area contributed by atoms with Gasteiger partial charge in [0, 0.05) is 10.0 Å². The molecule has 0 unspecified atom stereocenters. The third-order valence-corrected chi connectivity index (χ3v) is 2.39. The van der Waals surface area contributed by atoms with Gasteiger partial charge in [-0.2, -0.15) is 4.39 Å². The molecule has 0 spiro atoms. The van der Waals surface area contributed by atoms with E-state index in [0.29, 0.717) is 5.56 Å². The maximum absolute atomic E-state index is 13.4. The van der Waals surface area contributed by atoms with Gasteiger partial charge in [-0.05, 0) is 12.1 Å². The van der Waals surface area contributed by atoms with Gasteiger partial charge in [0.2, 0.25) is 5.82 Å². The van der Waals surface area contributed by atoms with Gasteiger partial charge in [-0.1, -0.05) is 28.1 Å². The normalized spacial score (nSPS) is 10.3. The standard InChI is InChI=1S/C10H6BrFN2O/c11-7-3-1-2-6(4-7)9-8(12)10(15)14-5-13-9/h1-5H,(H,13,14,15). The molecule has 0 aliphatic rings. The Morgan fingerprint density at radius 3 is 2.93 bits per heavy atom. The van der Waals surface area contributed by atoms with E-state index in [0.717, 1.165) is 4.47 Å². The largest absolute Gasteiger partial charge is 0.311 e. The van der Waals surface area contributed by atoms with Crippen LogP contribution >= 0.6 is 15.9 Å². The van der Waals surface area contributed by atoms with Crippen LogP contribution in [0.5, 0.6) is 0 Å². The van der Waals surface area contributed by atoms with E-state index in [1.165, 1.54) is 6.33 Å². The Labute approximate surface area is 93.1 Å². The van der Waals surface area contributed by atoms with Gasteiger partial charge in [0.15, 0.2) is 0 Å². The summed E-state index contributed by atoms with van der Waals surface area (Å²) in [5, 5.41) is 0. The number of hydrogen-bond donors (Lipinski definition) is 1. The first-order valence-electron chi connectivity index (χ1n) is 4.17. The third-order valence-electron chi connectivity index (χ3n) is 1.89. The number of nitrogens with zero attached hydrogens (tertiary/aromatic N) is 1. The van der Waals surface area contributed by atoms with Crippen LogP contribution in [0.3, 0.4) is 0 Å². The maximum atomic E-state index is 13.4. The van der Waals surface area contributed by atoms with Crippen molar-refractivity contribution in [2.24, 2.45) is 0 Å². The second-order valence-electron chi connectivity index (χ2n) is 2.90. The molecule has 2 rings (SSSR count). The second kappa shape index (κ2) is 3.94. The molecule has 1 N–H and O–H groups in total. The molecule has 0 saturated carbocycles. The van der Waals surface area contributed by atoms with Crippen LogP contribution in [0.1, 0.15) is 0 Å². The van der Waals surface area contributed by atoms with Crippen LogP contribution in [0.2, 0.25) is 0 Å². The zero-order valence-electron chi connectivity index (χ0n) is 7.50. The Balaban J connectivity index is 2.64. The lowest BCUT2D eigenvalue weighted by atomic mass is 10.1. The fourth-order valence-electron chi connectivity index (χ4n) is 1.22. The summed E-state index contributed by atoms with van der Waals surface area (Å²) in [7, 11) is 0. The number of aromatic amines is 1. The highest BCUT2D eigenvalue weighted by Crippen LogP contribution is 2.21. The molecule has 5 heteroatoms. The Kier molecular flexibility index (Phi) is 2.64. The Bertz CT molecular complexity index is 553. The monoisotopic (exact) mass is 268 g/mol. The Morgan fingerprint density at radius 2 is 2.20 bits per heavy atom. The molecule has 0 fully saturated rings. The van der Waals surface area contributed by atoms with Gasteiger partial charge in [-0.15, -0.1) is 0 Å². The number of halogens is 2. The number of nitrogens with one attached hydrogen (secondary N) is 1. The predicted octanol–water partition coefficient (Wildman–Crippen LogP) is 2.34. The minimum Gasteiger partial charge on any atom is -0.311 e. The molecule has 0 amide bonds. The fraction of sp³-hybridized carbons (Fsp3) is 0. The second-order valence-corrected chi connectivity index (χ2v) is 3.82. The summed E-state index contributed by atoms with van der Waals surface area (Å²) >= 11 is 3.27. The average Bonchev–Trinajstić information content (AvgIpc) is 2.22. The smallest absolute Gasteiger partial charge is 0.287 e. The molecule has 0 atom stereocenters. The first-order chi connectivity index (χ1) is 7.18. The van der Waals surface area contributed by atoms with Gasteiger partial charge in [-0.3, -0.25) is 4.79 Å². The molecular formula is C10H6BrFN2O. The van der Waals surface area contributed by atoms with Crippen molar-refractivity contribution in [1.29, 1.82) is 0 Å². The van der Waals surface area contributed by atoms with Gasteiger partial charge in [0.25, 0.3) is 5.56 Å². The summed E-state index contributed by atoms with van der Waals surface area (Å²) in [5.74, 6) is -0.865. The number of hydrogen-bond acceptors (Lipinski definition) is 2. The summed E-state index contributed by atoms with van der Waals surface area (Å²) < 4.78 is 14.2. The van der Waals surface area contributed by atoms with Gasteiger partial charge in [0.1, 0.15) is 5.69 Å². The number of H-pyrrole nitrogens is 1. The van der Waals surface area contributed by atoms with Crippen molar-refractivity contribution in [3.63, 3.8) is 0 Å². The zero-order chi connectivity index (χ0) is 10.8. The molecule has 0 aliphatic heterocycles. The van der Waals surface area contributed by atoms with Crippen LogP contribution < -0.4 is 5.56 Å². The van der Waals surface area contributed by atoms with E-state index < -0.39 is 11.4 Å². The molecule has 1 aromatic carbocycles. The predicted molar refractivity (Wildman–Crippen MR) is 58.0 cm³/mol. The van der Waals surface area contributed by atoms with Crippen molar-refractivity contribution >= 4 is 15.9 Å². The van der Waals surface area contributed by atoms with Crippen molar-refractivity contribution in [2.45, 2.75) is 0 Å². The zero-order valence-corrected chi connectivity index (χ0v) is 9.08. The van der Waals surface area contributed by atoms with Crippen molar-refractivity contribution in [3.8, 4) is 11.3 Å². The van der Waals surface area contributed by atoms with Crippen LogP contribution in [0.15, 0.2) is 39.9 Å². The van der Waals surface area contributed by atoms with Gasteiger partial charge >= 0.3 is 0 Å². The molecule has 0 aliphatic carbocycles. The Morgan fingerprint density at radius 1 is 1.40 bits per heavy atom. The molecule has 15 heavy (non-hydrogen) atoms. The van der Waals surface area contributed by atoms with Crippen molar-refractivity contribution in [3.05, 3.63) is 51.2 Å². The van der Waals surface area contributed by atoms with Crippen molar-refractivity contribution in [1.82, 2.24) is 9.97 Å². The first-order valence-corrected chi connectivity index (χ1v) is 4.97. The van der Waals surface area contributed by atoms with E-state index in [9.17, 15) is 9.18 Å². The van der Waals surface area contributed by atoms with E-state index >= 15 is 0 Å². The van der Waals surface area contributed by atoms with E-state index in [4.69, 9.17) is 0 Å². The lowest BCUT2D eigenvalue weighted by Crippen LogP contribution is -2.12. The van der Waals surface area contributed by atoms with Crippen molar-refractivity contribution in [2.75, 3.05) is 0 Å². The summed E-state index contributed by atoms with van der Waals surface area (Å²) in [6.07, 6.45) is 1.18. The summed E-state index contributed by atoms with van der Waals surface area (Å²) in [4.78, 5) is 17.0. The van der Waals surface area contributed by atoms with Crippen LogP contribution in [0.4, 0.5) is 4.39 Å². The lowest BCUT2D eigenvalue weighted by Gasteiger charge is -2.01. The van der Waals surface area contributed by atoms with E-state index in [-0.39, 0.29) is 5.69 Å². The molecule has 3 nitrogen and oxygen atoms in total. The molecule has 1 aromatic heterocycles. The maximum Gasteiger partial charge on any atom is 0.287 e. The number of benzene rings is 1. The molecule has 0 radical (unpaired) electrons. The average molecular weight is 269 g/mol. The highest BCUT2D eigenvalue weighted by Gasteiger charge is 2.09. The van der Waals surface area contributed by atoms with Gasteiger partial charge in [0.05, 0.1) is 6.33 Å².